The van der Waals surface area contributed by atoms with Crippen LogP contribution in [-0.2, 0) is 0 Å². The number of nitrogens with zero attached hydrogens (tertiary/aromatic N) is 2. The number of hydrogen-bond donors (Lipinski definition) is 0. The van der Waals surface area contributed by atoms with Crippen LogP contribution in [0.5, 0.6) is 0 Å². The quantitative estimate of drug-likeness (QED) is 0.279. The molecule has 160 valence electrons. The topological polar surface area (TPSA) is 25.8 Å². The van der Waals surface area contributed by atoms with Gasteiger partial charge in [0.2, 0.25) is 0 Å². The largest absolute Gasteiger partial charge is 0.265 e. The van der Waals surface area contributed by atoms with Crippen molar-refractivity contribution < 1.29 is 0 Å². The molecule has 0 unspecified atom stereocenters. The molecule has 2 nitrogen and oxygen atoms in total. The minimum absolute atomic E-state index is 1.00. The molecule has 0 amide bonds. The summed E-state index contributed by atoms with van der Waals surface area (Å²) in [6, 6.07) is 40.6. The Morgan fingerprint density at radius 2 is 0.882 bits per heavy atom. The third kappa shape index (κ3) is 3.98. The second-order valence-corrected chi connectivity index (χ2v) is 8.39. The molecule has 34 heavy (non-hydrogen) atoms. The van der Waals surface area contributed by atoms with Gasteiger partial charge in [-0.3, -0.25) is 9.97 Å². The highest BCUT2D eigenvalue weighted by Gasteiger charge is 2.06. The highest BCUT2D eigenvalue weighted by molar-refractivity contribution is 5.88. The van der Waals surface area contributed by atoms with E-state index in [1.165, 1.54) is 33.4 Å². The van der Waals surface area contributed by atoms with Crippen molar-refractivity contribution in [3.63, 3.8) is 0 Å². The maximum Gasteiger partial charge on any atom is 0.0708 e. The van der Waals surface area contributed by atoms with Crippen LogP contribution in [0, 0.1) is 0 Å². The van der Waals surface area contributed by atoms with Crippen LogP contribution in [0.25, 0.3) is 55.4 Å². The van der Waals surface area contributed by atoms with E-state index in [4.69, 9.17) is 4.98 Å². The molecule has 6 rings (SSSR count). The molecular formula is C32H22N2. The van der Waals surface area contributed by atoms with Crippen LogP contribution in [0.2, 0.25) is 0 Å². The summed E-state index contributed by atoms with van der Waals surface area (Å²) in [5, 5.41) is 1.14. The molecule has 0 aliphatic carbocycles. The van der Waals surface area contributed by atoms with Crippen LogP contribution < -0.4 is 0 Å². The Labute approximate surface area is 199 Å². The van der Waals surface area contributed by atoms with Crippen LogP contribution in [0.4, 0.5) is 0 Å². The lowest BCUT2D eigenvalue weighted by molar-refractivity contribution is 1.33. The second-order valence-electron chi connectivity index (χ2n) is 8.39. The van der Waals surface area contributed by atoms with Crippen molar-refractivity contribution in [3.8, 4) is 44.5 Å². The van der Waals surface area contributed by atoms with E-state index in [2.05, 4.69) is 102 Å². The number of benzene rings is 4. The first-order valence-electron chi connectivity index (χ1n) is 11.4. The first kappa shape index (κ1) is 20.1. The molecule has 0 atom stereocenters. The van der Waals surface area contributed by atoms with Crippen molar-refractivity contribution in [2.75, 3.05) is 0 Å². The van der Waals surface area contributed by atoms with Gasteiger partial charge >= 0.3 is 0 Å². The molecule has 6 aromatic rings. The van der Waals surface area contributed by atoms with Gasteiger partial charge in [-0.15, -0.1) is 0 Å². The molecule has 0 N–H and O–H groups in total. The lowest BCUT2D eigenvalue weighted by Gasteiger charge is -2.08. The Morgan fingerprint density at radius 1 is 0.382 bits per heavy atom. The summed E-state index contributed by atoms with van der Waals surface area (Å²) in [5.74, 6) is 0. The number of fused-ring (bicyclic) bond motifs is 1. The van der Waals surface area contributed by atoms with E-state index in [0.29, 0.717) is 0 Å². The van der Waals surface area contributed by atoms with Crippen LogP contribution in [0.3, 0.4) is 0 Å². The summed E-state index contributed by atoms with van der Waals surface area (Å²) in [6.07, 6.45) is 5.61. The molecule has 0 radical (unpaired) electrons. The summed E-state index contributed by atoms with van der Waals surface area (Å²) < 4.78 is 0. The van der Waals surface area contributed by atoms with Gasteiger partial charge in [-0.1, -0.05) is 91.0 Å². The van der Waals surface area contributed by atoms with Gasteiger partial charge < -0.3 is 0 Å². The summed E-state index contributed by atoms with van der Waals surface area (Å²) in [5.41, 5.74) is 10.5. The maximum absolute atomic E-state index is 4.78. The van der Waals surface area contributed by atoms with Crippen LogP contribution in [0.15, 0.2) is 134 Å². The SMILES string of the molecule is c1ccc(-c2ccc(-c3ccc4cc(-c5ccc(-c6ccncc6)cc5)cnc4c3)cc2)cc1. The number of pyridine rings is 2. The number of rotatable bonds is 4. The Balaban J connectivity index is 1.27. The fraction of sp³-hybridized carbons (Fsp3) is 0. The summed E-state index contributed by atoms with van der Waals surface area (Å²) in [6.45, 7) is 0. The normalized spacial score (nSPS) is 10.9. The summed E-state index contributed by atoms with van der Waals surface area (Å²) in [4.78, 5) is 8.88. The third-order valence-electron chi connectivity index (χ3n) is 6.24. The molecule has 0 fully saturated rings. The molecule has 2 heterocycles. The Hall–Kier alpha value is -4.56. The van der Waals surface area contributed by atoms with Crippen molar-refractivity contribution in [2.45, 2.75) is 0 Å². The van der Waals surface area contributed by atoms with Gasteiger partial charge in [-0.05, 0) is 63.2 Å². The fourth-order valence-corrected chi connectivity index (χ4v) is 4.34. The summed E-state index contributed by atoms with van der Waals surface area (Å²) in [7, 11) is 0. The first-order valence-corrected chi connectivity index (χ1v) is 11.4. The average Bonchev–Trinajstić information content (AvgIpc) is 2.94. The third-order valence-corrected chi connectivity index (χ3v) is 6.24. The van der Waals surface area contributed by atoms with Crippen LogP contribution in [0.1, 0.15) is 0 Å². The minimum atomic E-state index is 1.00. The summed E-state index contributed by atoms with van der Waals surface area (Å²) >= 11 is 0. The molecule has 0 spiro atoms. The highest BCUT2D eigenvalue weighted by Crippen LogP contribution is 2.30. The predicted octanol–water partition coefficient (Wildman–Crippen LogP) is 8.30. The molecule has 2 aromatic heterocycles. The number of aromatic nitrogens is 2. The van der Waals surface area contributed by atoms with E-state index < -0.39 is 0 Å². The Kier molecular flexibility index (Phi) is 5.17. The van der Waals surface area contributed by atoms with Crippen molar-refractivity contribution >= 4 is 10.9 Å². The van der Waals surface area contributed by atoms with E-state index in [1.54, 1.807) is 0 Å². The van der Waals surface area contributed by atoms with Gasteiger partial charge in [0, 0.05) is 29.5 Å². The molecular weight excluding hydrogens is 412 g/mol. The maximum atomic E-state index is 4.78. The molecule has 0 saturated carbocycles. The highest BCUT2D eigenvalue weighted by atomic mass is 14.6. The lowest BCUT2D eigenvalue weighted by atomic mass is 9.98. The fourth-order valence-electron chi connectivity index (χ4n) is 4.34. The number of hydrogen-bond acceptors (Lipinski definition) is 2. The smallest absolute Gasteiger partial charge is 0.0708 e. The second kappa shape index (κ2) is 8.76. The van der Waals surface area contributed by atoms with Gasteiger partial charge in [0.05, 0.1) is 5.52 Å². The van der Waals surface area contributed by atoms with Crippen molar-refractivity contribution in [2.24, 2.45) is 0 Å². The molecule has 0 aliphatic heterocycles. The molecule has 2 heteroatoms. The van der Waals surface area contributed by atoms with Crippen LogP contribution >= 0.6 is 0 Å². The molecule has 0 bridgehead atoms. The monoisotopic (exact) mass is 434 g/mol. The predicted molar refractivity (Wildman–Crippen MR) is 141 cm³/mol. The van der Waals surface area contributed by atoms with Gasteiger partial charge in [-0.2, -0.15) is 0 Å². The van der Waals surface area contributed by atoms with E-state index in [-0.39, 0.29) is 0 Å². The van der Waals surface area contributed by atoms with E-state index >= 15 is 0 Å². The Bertz CT molecular complexity index is 1430. The van der Waals surface area contributed by atoms with Crippen molar-refractivity contribution in [3.05, 3.63) is 134 Å². The zero-order chi connectivity index (χ0) is 22.7. The van der Waals surface area contributed by atoms with Gasteiger partial charge in [0.1, 0.15) is 0 Å². The van der Waals surface area contributed by atoms with Crippen LogP contribution in [-0.4, -0.2) is 9.97 Å². The standard InChI is InChI=1S/C32H22N2/c1-2-4-23(5-3-1)24-6-10-26(11-7-24)29-14-15-30-20-31(22-34-32(30)21-29)27-12-8-25(9-13-27)28-16-18-33-19-17-28/h1-22H. The zero-order valence-electron chi connectivity index (χ0n) is 18.6. The van der Waals surface area contributed by atoms with E-state index in [0.717, 1.165) is 22.0 Å². The van der Waals surface area contributed by atoms with Crippen molar-refractivity contribution in [1.82, 2.24) is 9.97 Å². The van der Waals surface area contributed by atoms with Gasteiger partial charge in [0.25, 0.3) is 0 Å². The lowest BCUT2D eigenvalue weighted by Crippen LogP contribution is -1.86. The van der Waals surface area contributed by atoms with Crippen molar-refractivity contribution in [1.29, 1.82) is 0 Å². The van der Waals surface area contributed by atoms with E-state index in [9.17, 15) is 0 Å². The molecule has 0 saturated heterocycles. The minimum Gasteiger partial charge on any atom is -0.265 e. The first-order chi connectivity index (χ1) is 16.8. The Morgan fingerprint density at radius 3 is 1.53 bits per heavy atom. The molecule has 0 aliphatic rings. The van der Waals surface area contributed by atoms with E-state index in [1.807, 2.05) is 36.8 Å². The van der Waals surface area contributed by atoms with Gasteiger partial charge in [0.15, 0.2) is 0 Å². The molecule has 4 aromatic carbocycles. The average molecular weight is 435 g/mol. The zero-order valence-corrected chi connectivity index (χ0v) is 18.6. The van der Waals surface area contributed by atoms with Gasteiger partial charge in [-0.25, -0.2) is 0 Å².